The van der Waals surface area contributed by atoms with Gasteiger partial charge in [-0.1, -0.05) is 12.8 Å². The molecule has 2 aliphatic heterocycles. The van der Waals surface area contributed by atoms with Crippen LogP contribution in [0.1, 0.15) is 18.2 Å². The van der Waals surface area contributed by atoms with Gasteiger partial charge in [-0.05, 0) is 13.0 Å². The van der Waals surface area contributed by atoms with E-state index in [2.05, 4.69) is 9.88 Å². The number of carbonyl (C=O) groups is 1. The number of rotatable bonds is 8. The highest BCUT2D eigenvalue weighted by molar-refractivity contribution is 7.78. The molecule has 1 fully saturated rings. The zero-order valence-electron chi connectivity index (χ0n) is 25.3. The first-order chi connectivity index (χ1) is 19.7. The Morgan fingerprint density at radius 1 is 1.00 bits per heavy atom. The Balaban J connectivity index is 1.61. The number of aromatic nitrogens is 2. The number of nitrogens with zero attached hydrogens (tertiary/aromatic N) is 5. The van der Waals surface area contributed by atoms with E-state index in [1.54, 1.807) is 57.2 Å². The number of benzene rings is 1. The van der Waals surface area contributed by atoms with Crippen molar-refractivity contribution in [1.82, 2.24) is 13.9 Å². The lowest BCUT2D eigenvalue weighted by Gasteiger charge is -2.37. The summed E-state index contributed by atoms with van der Waals surface area (Å²) in [5.41, 5.74) is 2.33. The van der Waals surface area contributed by atoms with E-state index in [0.29, 0.717) is 36.7 Å². The Hall–Kier alpha value is -2.70. The predicted octanol–water partition coefficient (Wildman–Crippen LogP) is -2.42. The summed E-state index contributed by atoms with van der Waals surface area (Å²) in [6.07, 6.45) is 1.64. The first-order valence-electron chi connectivity index (χ1n) is 14.2. The first-order valence-corrected chi connectivity index (χ1v) is 14.6. The molecule has 0 aliphatic carbocycles. The average molecular weight is 590 g/mol. The Kier molecular flexibility index (Phi) is 8.36. The van der Waals surface area contributed by atoms with Gasteiger partial charge in [0.05, 0.1) is 25.4 Å². The topological polar surface area (TPSA) is 72.3 Å². The summed E-state index contributed by atoms with van der Waals surface area (Å²) < 4.78 is 51.1. The third-order valence-corrected chi connectivity index (χ3v) is 7.45. The molecule has 0 unspecified atom stereocenters. The molecule has 0 spiro atoms. The summed E-state index contributed by atoms with van der Waals surface area (Å²) in [5, 5.41) is -0.808. The minimum atomic E-state index is -0.972. The normalized spacial score (nSPS) is 16.6. The van der Waals surface area contributed by atoms with Crippen molar-refractivity contribution in [2.45, 2.75) is 30.6 Å². The van der Waals surface area contributed by atoms with Crippen LogP contribution >= 0.6 is 12.8 Å². The number of morpholine rings is 1. The molecule has 0 bridgehead atoms. The van der Waals surface area contributed by atoms with E-state index in [-0.39, 0.29) is 24.6 Å². The van der Waals surface area contributed by atoms with Crippen LogP contribution in [0, 0.1) is 11.6 Å². The monoisotopic (exact) mass is 591 g/mol. The van der Waals surface area contributed by atoms with E-state index in [1.807, 2.05) is 13.0 Å². The second-order valence-corrected chi connectivity index (χ2v) is 13.0. The molecule has 2 amide bonds. The van der Waals surface area contributed by atoms with E-state index < -0.39 is 34.0 Å². The summed E-state index contributed by atoms with van der Waals surface area (Å²) in [6.45, 7) is 5.62. The van der Waals surface area contributed by atoms with Gasteiger partial charge in [0.25, 0.3) is 0 Å². The number of halogens is 2. The number of pyridine rings is 1. The smallest absolute Gasteiger partial charge is 0.329 e. The van der Waals surface area contributed by atoms with Gasteiger partial charge in [0.1, 0.15) is 52.8 Å². The van der Waals surface area contributed by atoms with Crippen LogP contribution in [0.25, 0.3) is 11.0 Å². The van der Waals surface area contributed by atoms with E-state index in [0.717, 1.165) is 29.1 Å². The second-order valence-electron chi connectivity index (χ2n) is 12.6. The first kappa shape index (κ1) is 30.7. The Morgan fingerprint density at radius 2 is 1.60 bits per heavy atom. The number of anilines is 2. The van der Waals surface area contributed by atoms with E-state index >= 15 is 8.78 Å². The van der Waals surface area contributed by atoms with Gasteiger partial charge < -0.3 is 14.2 Å². The van der Waals surface area contributed by atoms with Crippen LogP contribution in [0.4, 0.5) is 25.0 Å². The third kappa shape index (κ3) is 6.03. The molecule has 9 nitrogen and oxygen atoms in total. The van der Waals surface area contributed by atoms with Gasteiger partial charge >= 0.3 is 6.03 Å². The fourth-order valence-corrected chi connectivity index (χ4v) is 5.60. The lowest BCUT2D eigenvalue weighted by Crippen LogP contribution is -2.48. The molecule has 4 heterocycles. The molecule has 42 heavy (non-hydrogen) atoms. The summed E-state index contributed by atoms with van der Waals surface area (Å²) in [6, 6.07) is 2.64. The van der Waals surface area contributed by atoms with E-state index in [1.165, 1.54) is 11.0 Å². The number of carbonyl (C=O) groups excluding carboxylic acids is 1. The zero-order valence-corrected chi connectivity index (χ0v) is 26.1. The Bertz CT molecular complexity index is 1490. The number of hydrogen-bond donors (Lipinski definition) is 1. The molecule has 0 N–H and O–H groups in total. The molecular weight excluding hydrogens is 557 g/mol. The molecule has 1 saturated heterocycles. The van der Waals surface area contributed by atoms with Gasteiger partial charge in [0.15, 0.2) is 28.8 Å². The lowest BCUT2D eigenvalue weighted by molar-refractivity contribution is 0.0336. The van der Waals surface area contributed by atoms with Crippen LogP contribution in [0.15, 0.2) is 18.3 Å². The summed E-state index contributed by atoms with van der Waals surface area (Å²) in [7, 11) is 10.6. The van der Waals surface area contributed by atoms with Crippen LogP contribution in [0.2, 0.25) is 0 Å². The quantitative estimate of drug-likeness (QED) is 0.233. The molecule has 0 saturated carbocycles. The van der Waals surface area contributed by atoms with Crippen LogP contribution < -0.4 is 19.3 Å². The molecule has 2 aliphatic rings. The number of urea groups is 1. The predicted molar refractivity (Wildman–Crippen MR) is 179 cm³/mol. The Labute approximate surface area is 255 Å². The van der Waals surface area contributed by atoms with E-state index in [9.17, 15) is 4.79 Å². The molecular formula is C24H33B6F2N5O4S. The highest BCUT2D eigenvalue weighted by atomic mass is 32.1. The largest absolute Gasteiger partial charge is 0.511 e. The molecule has 216 valence electrons. The number of amides is 2. The van der Waals surface area contributed by atoms with Gasteiger partial charge in [0.2, 0.25) is 0 Å². The fourth-order valence-electron chi connectivity index (χ4n) is 5.32. The number of ether oxygens (including phenoxy) is 3. The molecule has 5 rings (SSSR count). The van der Waals surface area contributed by atoms with Crippen LogP contribution in [0.3, 0.4) is 0 Å². The van der Waals surface area contributed by atoms with E-state index in [4.69, 9.17) is 27.0 Å². The van der Waals surface area contributed by atoms with Gasteiger partial charge in [-0.25, -0.2) is 18.6 Å². The molecule has 0 radical (unpaired) electrons. The van der Waals surface area contributed by atoms with Crippen molar-refractivity contribution in [3.05, 3.63) is 41.2 Å². The van der Waals surface area contributed by atoms with Crippen LogP contribution in [0.5, 0.6) is 11.5 Å². The fraction of sp³-hybridized carbons (Fsp3) is 0.417. The van der Waals surface area contributed by atoms with Crippen LogP contribution in [-0.4, -0.2) is 110 Å². The molecule has 2 aromatic heterocycles. The van der Waals surface area contributed by atoms with Crippen molar-refractivity contribution >= 4 is 88.3 Å². The maximum Gasteiger partial charge on any atom is 0.329 e. The summed E-state index contributed by atoms with van der Waals surface area (Å²) >= 11 is 4.71. The lowest BCUT2D eigenvalue weighted by atomic mass is 9.52. The van der Waals surface area contributed by atoms with Crippen molar-refractivity contribution in [1.29, 1.82) is 0 Å². The average Bonchev–Trinajstić information content (AvgIpc) is 3.21. The minimum absolute atomic E-state index is 0.0913. The minimum Gasteiger partial charge on any atom is -0.511 e. The molecule has 1 aromatic carbocycles. The second kappa shape index (κ2) is 11.4. The number of hydrogen-bond acceptors (Lipinski definition) is 7. The molecule has 0 atom stereocenters. The van der Waals surface area contributed by atoms with Gasteiger partial charge in [-0.2, -0.15) is 0 Å². The van der Waals surface area contributed by atoms with Gasteiger partial charge in [-0.3, -0.25) is 18.7 Å². The highest BCUT2D eigenvalue weighted by Gasteiger charge is 2.38. The van der Waals surface area contributed by atoms with Gasteiger partial charge in [0, 0.05) is 65.7 Å². The number of thiol groups is 1. The van der Waals surface area contributed by atoms with Gasteiger partial charge in [-0.15, -0.1) is 0 Å². The SMILES string of the molecule is BC(B)(B)Oc1cc(OC(B)(B)B)c(F)c(N2Cc3cnc4c(cc(CN5CCOCC5)n4S)c3N(CC)C2=O)c1F. The van der Waals surface area contributed by atoms with Crippen LogP contribution in [-0.2, 0) is 17.8 Å². The van der Waals surface area contributed by atoms with Crippen molar-refractivity contribution in [3.63, 3.8) is 0 Å². The number of fused-ring (bicyclic) bond motifs is 3. The van der Waals surface area contributed by atoms with Crippen molar-refractivity contribution in [3.8, 4) is 11.5 Å². The maximum absolute atomic E-state index is 16.1. The molecule has 3 aromatic rings. The zero-order chi connectivity index (χ0) is 30.6. The van der Waals surface area contributed by atoms with Crippen molar-refractivity contribution in [2.24, 2.45) is 0 Å². The Morgan fingerprint density at radius 3 is 2.14 bits per heavy atom. The summed E-state index contributed by atoms with van der Waals surface area (Å²) in [4.78, 5) is 23.6. The molecule has 18 heteroatoms. The summed E-state index contributed by atoms with van der Waals surface area (Å²) in [5.74, 6) is -2.35. The maximum atomic E-state index is 16.1. The van der Waals surface area contributed by atoms with Crippen molar-refractivity contribution in [2.75, 3.05) is 42.6 Å². The van der Waals surface area contributed by atoms with Crippen molar-refractivity contribution < 1.29 is 27.8 Å². The standard InChI is InChI=1S/C24H33B6F2N5O4S/c1-2-35-19-12(9-33-21-14(19)7-13(37(21)42)11-34-3-5-39-6-4-34)10-36(22(35)38)20-17(31)15(40-23(25,26)27)8-16(18(20)32)41-24(28,29)30/h7-9,42H,2-6,10-11,25-30H2,1H3. The highest BCUT2D eigenvalue weighted by Crippen LogP contribution is 2.43. The third-order valence-electron chi connectivity index (χ3n) is 7.01.